The Hall–Kier alpha value is -3.25. The van der Waals surface area contributed by atoms with Gasteiger partial charge < -0.3 is 5.32 Å². The highest BCUT2D eigenvalue weighted by molar-refractivity contribution is 7.13. The van der Waals surface area contributed by atoms with E-state index in [4.69, 9.17) is 0 Å². The quantitative estimate of drug-likeness (QED) is 0.520. The second-order valence-electron chi connectivity index (χ2n) is 7.62. The van der Waals surface area contributed by atoms with Gasteiger partial charge in [0.15, 0.2) is 0 Å². The molecule has 1 amide bonds. The SMILES string of the molecule is C[C@@H](C(=O)Nc1ccc2c(c1)CCC2)n1nc(-c2cccs2)c2ccccc2c1=O. The maximum Gasteiger partial charge on any atom is 0.275 e. The van der Waals surface area contributed by atoms with E-state index in [1.54, 1.807) is 24.3 Å². The molecule has 0 radical (unpaired) electrons. The summed E-state index contributed by atoms with van der Waals surface area (Å²) in [6.45, 7) is 1.71. The summed E-state index contributed by atoms with van der Waals surface area (Å²) in [6, 6.07) is 16.7. The van der Waals surface area contributed by atoms with Crippen LogP contribution in [-0.4, -0.2) is 15.7 Å². The van der Waals surface area contributed by atoms with Crippen LogP contribution in [0.25, 0.3) is 21.3 Å². The maximum atomic E-state index is 13.1. The molecule has 0 saturated heterocycles. The Kier molecular flexibility index (Phi) is 4.71. The molecule has 4 aromatic rings. The lowest BCUT2D eigenvalue weighted by molar-refractivity contribution is -0.119. The Morgan fingerprint density at radius 1 is 1.07 bits per heavy atom. The number of aromatic nitrogens is 2. The molecule has 5 rings (SSSR count). The van der Waals surface area contributed by atoms with Crippen LogP contribution < -0.4 is 10.9 Å². The Morgan fingerprint density at radius 3 is 2.67 bits per heavy atom. The van der Waals surface area contributed by atoms with Gasteiger partial charge in [-0.3, -0.25) is 9.59 Å². The number of carbonyl (C=O) groups excluding carboxylic acids is 1. The molecule has 0 fully saturated rings. The fraction of sp³-hybridized carbons (Fsp3) is 0.208. The third-order valence-corrected chi connectivity index (χ3v) is 6.57. The van der Waals surface area contributed by atoms with E-state index in [1.165, 1.54) is 15.8 Å². The molecule has 30 heavy (non-hydrogen) atoms. The average molecular weight is 416 g/mol. The van der Waals surface area contributed by atoms with Crippen LogP contribution >= 0.6 is 11.3 Å². The van der Waals surface area contributed by atoms with Crippen LogP contribution in [0.15, 0.2) is 64.8 Å². The topological polar surface area (TPSA) is 64.0 Å². The minimum Gasteiger partial charge on any atom is -0.324 e. The number of hydrogen-bond donors (Lipinski definition) is 1. The van der Waals surface area contributed by atoms with E-state index < -0.39 is 6.04 Å². The summed E-state index contributed by atoms with van der Waals surface area (Å²) in [5.74, 6) is -0.255. The molecule has 2 heterocycles. The Balaban J connectivity index is 1.53. The molecular formula is C24H21N3O2S. The van der Waals surface area contributed by atoms with Gasteiger partial charge >= 0.3 is 0 Å². The number of nitrogens with one attached hydrogen (secondary N) is 1. The minimum absolute atomic E-state index is 0.255. The van der Waals surface area contributed by atoms with E-state index in [9.17, 15) is 9.59 Å². The molecule has 0 aliphatic heterocycles. The Labute approximate surface area is 178 Å². The van der Waals surface area contributed by atoms with Gasteiger partial charge in [0.1, 0.15) is 11.7 Å². The highest BCUT2D eigenvalue weighted by atomic mass is 32.1. The fourth-order valence-corrected chi connectivity index (χ4v) is 4.79. The van der Waals surface area contributed by atoms with Gasteiger partial charge in [0.25, 0.3) is 5.56 Å². The maximum absolute atomic E-state index is 13.1. The molecule has 6 heteroatoms. The molecule has 0 bridgehead atoms. The van der Waals surface area contributed by atoms with Crippen molar-refractivity contribution in [2.45, 2.75) is 32.2 Å². The summed E-state index contributed by atoms with van der Waals surface area (Å²) in [5.41, 5.74) is 3.87. The number of carbonyl (C=O) groups is 1. The number of amides is 1. The monoisotopic (exact) mass is 415 g/mol. The number of benzene rings is 2. The lowest BCUT2D eigenvalue weighted by atomic mass is 10.1. The van der Waals surface area contributed by atoms with Gasteiger partial charge in [0.2, 0.25) is 5.91 Å². The molecular weight excluding hydrogens is 394 g/mol. The van der Waals surface area contributed by atoms with Crippen molar-refractivity contribution in [2.75, 3.05) is 5.32 Å². The first-order chi connectivity index (χ1) is 14.6. The van der Waals surface area contributed by atoms with Crippen LogP contribution in [-0.2, 0) is 17.6 Å². The summed E-state index contributed by atoms with van der Waals surface area (Å²) in [5, 5.41) is 10.9. The van der Waals surface area contributed by atoms with Crippen molar-refractivity contribution in [1.82, 2.24) is 9.78 Å². The highest BCUT2D eigenvalue weighted by Gasteiger charge is 2.22. The molecule has 0 saturated carbocycles. The van der Waals surface area contributed by atoms with Crippen LogP contribution in [0.3, 0.4) is 0 Å². The normalized spacial score (nSPS) is 13.9. The van der Waals surface area contributed by atoms with Gasteiger partial charge in [0, 0.05) is 11.1 Å². The molecule has 1 atom stereocenters. The number of fused-ring (bicyclic) bond motifs is 2. The minimum atomic E-state index is -0.742. The predicted molar refractivity (Wildman–Crippen MR) is 121 cm³/mol. The predicted octanol–water partition coefficient (Wildman–Crippen LogP) is 4.81. The standard InChI is InChI=1S/C24H21N3O2S/c1-15(23(28)25-18-12-11-16-6-4-7-17(16)14-18)27-24(29)20-9-3-2-8-19(20)22(26-27)21-10-5-13-30-21/h2-3,5,8-15H,4,6-7H2,1H3,(H,25,28)/t15-/m0/s1. The van der Waals surface area contributed by atoms with Gasteiger partial charge in [-0.15, -0.1) is 11.3 Å². The van der Waals surface area contributed by atoms with Crippen LogP contribution in [0.2, 0.25) is 0 Å². The summed E-state index contributed by atoms with van der Waals surface area (Å²) in [7, 11) is 0. The van der Waals surface area contributed by atoms with E-state index in [2.05, 4.69) is 16.5 Å². The lowest BCUT2D eigenvalue weighted by Crippen LogP contribution is -2.33. The Morgan fingerprint density at radius 2 is 1.87 bits per heavy atom. The van der Waals surface area contributed by atoms with Crippen molar-refractivity contribution in [3.8, 4) is 10.6 Å². The fourth-order valence-electron chi connectivity index (χ4n) is 4.07. The third kappa shape index (κ3) is 3.23. The summed E-state index contributed by atoms with van der Waals surface area (Å²) in [4.78, 5) is 27.1. The molecule has 1 aliphatic rings. The molecule has 2 aromatic carbocycles. The van der Waals surface area contributed by atoms with Crippen molar-refractivity contribution in [1.29, 1.82) is 0 Å². The highest BCUT2D eigenvalue weighted by Crippen LogP contribution is 2.29. The molecule has 1 N–H and O–H groups in total. The lowest BCUT2D eigenvalue weighted by Gasteiger charge is -2.17. The zero-order valence-corrected chi connectivity index (χ0v) is 17.4. The second-order valence-corrected chi connectivity index (χ2v) is 8.57. The largest absolute Gasteiger partial charge is 0.324 e. The molecule has 5 nitrogen and oxygen atoms in total. The molecule has 0 unspecified atom stereocenters. The van der Waals surface area contributed by atoms with Crippen molar-refractivity contribution in [3.05, 3.63) is 81.5 Å². The summed E-state index contributed by atoms with van der Waals surface area (Å²) < 4.78 is 1.31. The van der Waals surface area contributed by atoms with Crippen LogP contribution in [0.5, 0.6) is 0 Å². The molecule has 2 aromatic heterocycles. The van der Waals surface area contributed by atoms with E-state index in [-0.39, 0.29) is 11.5 Å². The van der Waals surface area contributed by atoms with Crippen molar-refractivity contribution >= 4 is 33.7 Å². The third-order valence-electron chi connectivity index (χ3n) is 5.70. The first kappa shape index (κ1) is 18.8. The molecule has 0 spiro atoms. The summed E-state index contributed by atoms with van der Waals surface area (Å²) in [6.07, 6.45) is 3.30. The van der Waals surface area contributed by atoms with Crippen LogP contribution in [0.1, 0.15) is 30.5 Å². The van der Waals surface area contributed by atoms with E-state index in [1.807, 2.05) is 47.8 Å². The van der Waals surface area contributed by atoms with Crippen molar-refractivity contribution in [2.24, 2.45) is 0 Å². The first-order valence-corrected chi connectivity index (χ1v) is 11.0. The van der Waals surface area contributed by atoms with E-state index in [0.717, 1.165) is 40.9 Å². The zero-order valence-electron chi connectivity index (χ0n) is 16.6. The smallest absolute Gasteiger partial charge is 0.275 e. The van der Waals surface area contributed by atoms with Crippen molar-refractivity contribution in [3.63, 3.8) is 0 Å². The van der Waals surface area contributed by atoms with Gasteiger partial charge in [-0.05, 0) is 67.0 Å². The van der Waals surface area contributed by atoms with Crippen molar-refractivity contribution < 1.29 is 4.79 Å². The number of nitrogens with zero attached hydrogens (tertiary/aromatic N) is 2. The Bertz CT molecular complexity index is 1310. The zero-order chi connectivity index (χ0) is 20.7. The number of aryl methyl sites for hydroxylation is 2. The molecule has 150 valence electrons. The molecule has 1 aliphatic carbocycles. The van der Waals surface area contributed by atoms with Gasteiger partial charge in [-0.1, -0.05) is 30.3 Å². The second kappa shape index (κ2) is 7.54. The number of thiophene rings is 1. The van der Waals surface area contributed by atoms with Gasteiger partial charge in [-0.25, -0.2) is 4.68 Å². The van der Waals surface area contributed by atoms with Crippen LogP contribution in [0.4, 0.5) is 5.69 Å². The average Bonchev–Trinajstić information content (AvgIpc) is 3.45. The van der Waals surface area contributed by atoms with Gasteiger partial charge in [0.05, 0.1) is 10.3 Å². The number of hydrogen-bond acceptors (Lipinski definition) is 4. The van der Waals surface area contributed by atoms with E-state index >= 15 is 0 Å². The number of anilines is 1. The number of rotatable bonds is 4. The summed E-state index contributed by atoms with van der Waals surface area (Å²) >= 11 is 1.56. The van der Waals surface area contributed by atoms with E-state index in [0.29, 0.717) is 5.39 Å². The first-order valence-electron chi connectivity index (χ1n) is 10.1. The van der Waals surface area contributed by atoms with Crippen LogP contribution in [0, 0.1) is 0 Å². The van der Waals surface area contributed by atoms with Gasteiger partial charge in [-0.2, -0.15) is 5.10 Å².